The molecule has 2 fully saturated rings. The number of nitrogens with one attached hydrogen (secondary N) is 1. The number of carbonyl (C=O) groups excluding carboxylic acids is 1. The lowest BCUT2D eigenvalue weighted by Crippen LogP contribution is -2.51. The average molecular weight is 319 g/mol. The third-order valence-electron chi connectivity index (χ3n) is 4.41. The van der Waals surface area contributed by atoms with Crippen molar-refractivity contribution in [1.29, 1.82) is 0 Å². The van der Waals surface area contributed by atoms with Crippen LogP contribution < -0.4 is 5.32 Å². The second kappa shape index (κ2) is 6.93. The molecule has 0 saturated carbocycles. The maximum atomic E-state index is 12.2. The van der Waals surface area contributed by atoms with Crippen LogP contribution >= 0.6 is 0 Å². The van der Waals surface area contributed by atoms with Gasteiger partial charge in [-0.1, -0.05) is 0 Å². The number of aliphatic hydroxyl groups excluding tert-OH is 1. The van der Waals surface area contributed by atoms with E-state index in [1.165, 1.54) is 10.6 Å². The van der Waals surface area contributed by atoms with Gasteiger partial charge in [0, 0.05) is 38.8 Å². The van der Waals surface area contributed by atoms with Crippen molar-refractivity contribution in [2.24, 2.45) is 5.92 Å². The van der Waals surface area contributed by atoms with Gasteiger partial charge >= 0.3 is 6.03 Å². The summed E-state index contributed by atoms with van der Waals surface area (Å²) < 4.78 is 24.3. The first kappa shape index (κ1) is 16.5. The number of aliphatic hydroxyl groups is 1. The summed E-state index contributed by atoms with van der Waals surface area (Å²) in [5.74, 6) is 0.312. The molecule has 0 aliphatic carbocycles. The molecule has 2 saturated heterocycles. The topological polar surface area (TPSA) is 90.0 Å². The number of likely N-dealkylation sites (tertiary alicyclic amines) is 1. The predicted molar refractivity (Wildman–Crippen MR) is 79.4 cm³/mol. The molecule has 0 radical (unpaired) electrons. The fraction of sp³-hybridized carbons (Fsp3) is 0.923. The van der Waals surface area contributed by atoms with Gasteiger partial charge in [0.15, 0.2) is 0 Å². The zero-order valence-electron chi connectivity index (χ0n) is 12.5. The molecule has 2 aliphatic heterocycles. The van der Waals surface area contributed by atoms with Crippen molar-refractivity contribution in [3.05, 3.63) is 0 Å². The SMILES string of the molecule is CS(=O)(=O)N1CCC(NC(=O)N2CCC(CO)CC2)CC1. The summed E-state index contributed by atoms with van der Waals surface area (Å²) >= 11 is 0. The Labute approximate surface area is 126 Å². The van der Waals surface area contributed by atoms with Crippen molar-refractivity contribution in [3.63, 3.8) is 0 Å². The van der Waals surface area contributed by atoms with E-state index in [1.807, 2.05) is 0 Å². The number of hydrogen-bond acceptors (Lipinski definition) is 4. The summed E-state index contributed by atoms with van der Waals surface area (Å²) in [5.41, 5.74) is 0. The maximum absolute atomic E-state index is 12.2. The van der Waals surface area contributed by atoms with E-state index in [2.05, 4.69) is 5.32 Å². The van der Waals surface area contributed by atoms with Crippen LogP contribution in [0.1, 0.15) is 25.7 Å². The average Bonchev–Trinajstić information content (AvgIpc) is 2.47. The summed E-state index contributed by atoms with van der Waals surface area (Å²) in [6.07, 6.45) is 4.22. The Bertz CT molecular complexity index is 452. The van der Waals surface area contributed by atoms with E-state index in [1.54, 1.807) is 4.90 Å². The van der Waals surface area contributed by atoms with Crippen molar-refractivity contribution < 1.29 is 18.3 Å². The first-order valence-corrected chi connectivity index (χ1v) is 9.36. The zero-order valence-corrected chi connectivity index (χ0v) is 13.3. The molecule has 2 amide bonds. The summed E-state index contributed by atoms with van der Waals surface area (Å²) in [6.45, 7) is 2.49. The van der Waals surface area contributed by atoms with Gasteiger partial charge in [0.2, 0.25) is 10.0 Å². The predicted octanol–water partition coefficient (Wildman–Crippen LogP) is -0.176. The molecule has 8 heteroatoms. The highest BCUT2D eigenvalue weighted by Gasteiger charge is 2.28. The van der Waals surface area contributed by atoms with Gasteiger partial charge in [0.25, 0.3) is 0 Å². The second-order valence-electron chi connectivity index (χ2n) is 6.00. The summed E-state index contributed by atoms with van der Waals surface area (Å²) in [4.78, 5) is 13.9. The van der Waals surface area contributed by atoms with Crippen molar-refractivity contribution in [2.75, 3.05) is 39.0 Å². The molecule has 0 aromatic carbocycles. The number of hydrogen-bond donors (Lipinski definition) is 2. The Morgan fingerprint density at radius 3 is 2.19 bits per heavy atom. The summed E-state index contributed by atoms with van der Waals surface area (Å²) in [5, 5.41) is 12.1. The van der Waals surface area contributed by atoms with Gasteiger partial charge in [-0.3, -0.25) is 0 Å². The summed E-state index contributed by atoms with van der Waals surface area (Å²) in [7, 11) is -3.12. The van der Waals surface area contributed by atoms with Crippen LogP contribution in [0.3, 0.4) is 0 Å². The molecular weight excluding hydrogens is 294 g/mol. The van der Waals surface area contributed by atoms with Crippen molar-refractivity contribution in [3.8, 4) is 0 Å². The molecule has 0 atom stereocenters. The number of nitrogens with zero attached hydrogens (tertiary/aromatic N) is 2. The molecule has 2 N–H and O–H groups in total. The molecule has 2 aliphatic rings. The monoisotopic (exact) mass is 319 g/mol. The summed E-state index contributed by atoms with van der Waals surface area (Å²) in [6, 6.07) is -0.0183. The largest absolute Gasteiger partial charge is 0.396 e. The minimum absolute atomic E-state index is 0.0473. The quantitative estimate of drug-likeness (QED) is 0.755. The number of sulfonamides is 1. The minimum Gasteiger partial charge on any atom is -0.396 e. The highest BCUT2D eigenvalue weighted by molar-refractivity contribution is 7.88. The third kappa shape index (κ3) is 4.55. The molecule has 122 valence electrons. The van der Waals surface area contributed by atoms with Gasteiger partial charge in [-0.2, -0.15) is 0 Å². The number of piperidine rings is 2. The van der Waals surface area contributed by atoms with Gasteiger partial charge in [-0.15, -0.1) is 0 Å². The number of rotatable bonds is 3. The van der Waals surface area contributed by atoms with Gasteiger partial charge < -0.3 is 15.3 Å². The van der Waals surface area contributed by atoms with Crippen molar-refractivity contribution in [2.45, 2.75) is 31.7 Å². The number of amides is 2. The van der Waals surface area contributed by atoms with E-state index in [-0.39, 0.29) is 18.7 Å². The zero-order chi connectivity index (χ0) is 15.5. The molecule has 21 heavy (non-hydrogen) atoms. The Morgan fingerprint density at radius 2 is 1.71 bits per heavy atom. The highest BCUT2D eigenvalue weighted by Crippen LogP contribution is 2.17. The lowest BCUT2D eigenvalue weighted by atomic mass is 9.98. The van der Waals surface area contributed by atoms with Crippen LogP contribution in [0, 0.1) is 5.92 Å². The Balaban J connectivity index is 1.75. The van der Waals surface area contributed by atoms with E-state index < -0.39 is 10.0 Å². The molecule has 0 aromatic rings. The molecule has 0 spiro atoms. The third-order valence-corrected chi connectivity index (χ3v) is 5.71. The molecule has 0 unspecified atom stereocenters. The Hall–Kier alpha value is -0.860. The molecule has 2 rings (SSSR count). The minimum atomic E-state index is -3.12. The Kier molecular flexibility index (Phi) is 5.45. The maximum Gasteiger partial charge on any atom is 0.317 e. The van der Waals surface area contributed by atoms with E-state index in [9.17, 15) is 13.2 Å². The van der Waals surface area contributed by atoms with Crippen LogP contribution in [-0.4, -0.2) is 73.8 Å². The first-order valence-electron chi connectivity index (χ1n) is 7.51. The van der Waals surface area contributed by atoms with Gasteiger partial charge in [-0.25, -0.2) is 17.5 Å². The van der Waals surface area contributed by atoms with Gasteiger partial charge in [-0.05, 0) is 31.6 Å². The lowest BCUT2D eigenvalue weighted by molar-refractivity contribution is 0.133. The second-order valence-corrected chi connectivity index (χ2v) is 7.98. The van der Waals surface area contributed by atoms with Crippen LogP contribution in [0.4, 0.5) is 4.79 Å². The van der Waals surface area contributed by atoms with E-state index in [4.69, 9.17) is 5.11 Å². The van der Waals surface area contributed by atoms with Crippen LogP contribution in [-0.2, 0) is 10.0 Å². The first-order chi connectivity index (χ1) is 9.90. The fourth-order valence-corrected chi connectivity index (χ4v) is 3.79. The standard InChI is InChI=1S/C13H25N3O4S/c1-21(19,20)16-8-4-12(5-9-16)14-13(18)15-6-2-11(10-17)3-7-15/h11-12,17H,2-10H2,1H3,(H,14,18). The van der Waals surface area contributed by atoms with Crippen LogP contribution in [0.15, 0.2) is 0 Å². The highest BCUT2D eigenvalue weighted by atomic mass is 32.2. The van der Waals surface area contributed by atoms with Crippen LogP contribution in [0.25, 0.3) is 0 Å². The van der Waals surface area contributed by atoms with Crippen molar-refractivity contribution in [1.82, 2.24) is 14.5 Å². The molecule has 0 aromatic heterocycles. The van der Waals surface area contributed by atoms with Gasteiger partial charge in [0.1, 0.15) is 0 Å². The molecular formula is C13H25N3O4S. The lowest BCUT2D eigenvalue weighted by Gasteiger charge is -2.35. The number of carbonyl (C=O) groups is 1. The van der Waals surface area contributed by atoms with E-state index in [0.29, 0.717) is 44.9 Å². The Morgan fingerprint density at radius 1 is 1.14 bits per heavy atom. The molecule has 2 heterocycles. The van der Waals surface area contributed by atoms with Gasteiger partial charge in [0.05, 0.1) is 6.26 Å². The van der Waals surface area contributed by atoms with Crippen molar-refractivity contribution >= 4 is 16.1 Å². The van der Waals surface area contributed by atoms with E-state index >= 15 is 0 Å². The fourth-order valence-electron chi connectivity index (χ4n) is 2.92. The smallest absolute Gasteiger partial charge is 0.317 e. The van der Waals surface area contributed by atoms with E-state index in [0.717, 1.165) is 12.8 Å². The normalized spacial score (nSPS) is 23.2. The van der Waals surface area contributed by atoms with Crippen LogP contribution in [0.2, 0.25) is 0 Å². The molecule has 0 bridgehead atoms. The molecule has 7 nitrogen and oxygen atoms in total. The van der Waals surface area contributed by atoms with Crippen LogP contribution in [0.5, 0.6) is 0 Å². The number of urea groups is 1.